The number of anilines is 1. The fraction of sp³-hybridized carbons (Fsp3) is 0.280. The first-order valence-electron chi connectivity index (χ1n) is 10.1. The summed E-state index contributed by atoms with van der Waals surface area (Å²) in [5, 5.41) is 2.91. The number of carbonyl (C=O) groups is 1. The van der Waals surface area contributed by atoms with Crippen LogP contribution in [0, 0.1) is 13.8 Å². The molecule has 0 saturated heterocycles. The van der Waals surface area contributed by atoms with Gasteiger partial charge in [-0.25, -0.2) is 0 Å². The van der Waals surface area contributed by atoms with Gasteiger partial charge in [-0.1, -0.05) is 12.1 Å². The van der Waals surface area contributed by atoms with Crippen molar-refractivity contribution >= 4 is 11.6 Å². The lowest BCUT2D eigenvalue weighted by atomic mass is 10.1. The largest absolute Gasteiger partial charge is 0.457 e. The zero-order valence-corrected chi connectivity index (χ0v) is 18.1. The average Bonchev–Trinajstić information content (AvgIpc) is 2.69. The normalized spacial score (nSPS) is 11.9. The number of rotatable bonds is 7. The SMILES string of the molecule is Cc1cccc(Oc2ccc(NC(=O)c3ccc(C(C)OC(C)C)nc3C)cc2)c1. The molecule has 0 aliphatic heterocycles. The molecule has 3 rings (SSSR count). The monoisotopic (exact) mass is 404 g/mol. The van der Waals surface area contributed by atoms with Gasteiger partial charge in [-0.3, -0.25) is 9.78 Å². The van der Waals surface area contributed by atoms with Gasteiger partial charge in [-0.05, 0) is 88.7 Å². The van der Waals surface area contributed by atoms with E-state index in [1.165, 1.54) is 0 Å². The van der Waals surface area contributed by atoms with Crippen molar-refractivity contribution in [1.29, 1.82) is 0 Å². The van der Waals surface area contributed by atoms with Crippen molar-refractivity contribution < 1.29 is 14.3 Å². The van der Waals surface area contributed by atoms with Gasteiger partial charge in [-0.15, -0.1) is 0 Å². The second-order valence-corrected chi connectivity index (χ2v) is 7.59. The van der Waals surface area contributed by atoms with Crippen molar-refractivity contribution in [3.05, 3.63) is 83.2 Å². The maximum Gasteiger partial charge on any atom is 0.257 e. The Hall–Kier alpha value is -3.18. The van der Waals surface area contributed by atoms with Crippen LogP contribution in [0.2, 0.25) is 0 Å². The Bertz CT molecular complexity index is 1010. The van der Waals surface area contributed by atoms with E-state index >= 15 is 0 Å². The summed E-state index contributed by atoms with van der Waals surface area (Å²) >= 11 is 0. The summed E-state index contributed by atoms with van der Waals surface area (Å²) in [6, 6.07) is 18.8. The first kappa shape index (κ1) is 21.5. The fourth-order valence-electron chi connectivity index (χ4n) is 3.14. The Labute approximate surface area is 178 Å². The summed E-state index contributed by atoms with van der Waals surface area (Å²) in [6.07, 6.45) is -0.00953. The van der Waals surface area contributed by atoms with Gasteiger partial charge in [0.2, 0.25) is 0 Å². The van der Waals surface area contributed by atoms with Crippen LogP contribution < -0.4 is 10.1 Å². The van der Waals surface area contributed by atoms with Crippen LogP contribution in [0.3, 0.4) is 0 Å². The van der Waals surface area contributed by atoms with Crippen molar-refractivity contribution in [2.45, 2.75) is 46.8 Å². The van der Waals surface area contributed by atoms with Crippen LogP contribution in [0.1, 0.15) is 54.2 Å². The molecule has 0 saturated carbocycles. The summed E-state index contributed by atoms with van der Waals surface area (Å²) in [7, 11) is 0. The minimum absolute atomic E-state index is 0.114. The van der Waals surface area contributed by atoms with Gasteiger partial charge >= 0.3 is 0 Å². The third kappa shape index (κ3) is 5.67. The Kier molecular flexibility index (Phi) is 6.85. The lowest BCUT2D eigenvalue weighted by Crippen LogP contribution is -2.16. The number of hydrogen-bond donors (Lipinski definition) is 1. The maximum absolute atomic E-state index is 12.7. The van der Waals surface area contributed by atoms with Crippen LogP contribution in [0.15, 0.2) is 60.7 Å². The molecular weight excluding hydrogens is 376 g/mol. The molecule has 0 aliphatic rings. The average molecular weight is 405 g/mol. The van der Waals surface area contributed by atoms with E-state index in [0.717, 1.165) is 17.0 Å². The molecule has 1 aromatic heterocycles. The molecule has 5 nitrogen and oxygen atoms in total. The second-order valence-electron chi connectivity index (χ2n) is 7.59. The van der Waals surface area contributed by atoms with Crippen LogP contribution in [-0.2, 0) is 4.74 Å². The molecule has 5 heteroatoms. The van der Waals surface area contributed by atoms with E-state index in [-0.39, 0.29) is 18.1 Å². The summed E-state index contributed by atoms with van der Waals surface area (Å²) in [5.41, 5.74) is 3.85. The molecule has 3 aromatic rings. The molecule has 1 amide bonds. The van der Waals surface area contributed by atoms with Gasteiger partial charge in [-0.2, -0.15) is 0 Å². The standard InChI is InChI=1S/C25H28N2O3/c1-16(2)29-19(5)24-14-13-23(18(4)26-24)25(28)27-20-9-11-21(12-10-20)30-22-8-6-7-17(3)15-22/h6-16,19H,1-5H3,(H,27,28). The number of carbonyl (C=O) groups excluding carboxylic acids is 1. The molecule has 1 unspecified atom stereocenters. The molecular formula is C25H28N2O3. The first-order chi connectivity index (χ1) is 14.3. The highest BCUT2D eigenvalue weighted by Crippen LogP contribution is 2.24. The molecule has 0 fully saturated rings. The van der Waals surface area contributed by atoms with E-state index in [2.05, 4.69) is 10.3 Å². The fourth-order valence-corrected chi connectivity index (χ4v) is 3.14. The third-order valence-corrected chi connectivity index (χ3v) is 4.58. The number of aryl methyl sites for hydroxylation is 2. The van der Waals surface area contributed by atoms with Gasteiger partial charge in [0, 0.05) is 5.69 Å². The number of benzene rings is 2. The van der Waals surface area contributed by atoms with Crippen LogP contribution in [0.5, 0.6) is 11.5 Å². The molecule has 156 valence electrons. The number of pyridine rings is 1. The quantitative estimate of drug-likeness (QED) is 0.507. The van der Waals surface area contributed by atoms with E-state index in [1.807, 2.05) is 89.2 Å². The van der Waals surface area contributed by atoms with Crippen LogP contribution >= 0.6 is 0 Å². The number of ether oxygens (including phenoxy) is 2. The van der Waals surface area contributed by atoms with Gasteiger partial charge in [0.25, 0.3) is 5.91 Å². The molecule has 1 heterocycles. The number of nitrogens with zero attached hydrogens (tertiary/aromatic N) is 1. The highest BCUT2D eigenvalue weighted by Gasteiger charge is 2.15. The Morgan fingerprint density at radius 2 is 1.67 bits per heavy atom. The summed E-state index contributed by atoms with van der Waals surface area (Å²) in [4.78, 5) is 17.2. The second kappa shape index (κ2) is 9.55. The van der Waals surface area contributed by atoms with Gasteiger partial charge in [0.15, 0.2) is 0 Å². The van der Waals surface area contributed by atoms with Crippen molar-refractivity contribution in [3.8, 4) is 11.5 Å². The third-order valence-electron chi connectivity index (χ3n) is 4.58. The van der Waals surface area contributed by atoms with Crippen LogP contribution in [0.4, 0.5) is 5.69 Å². The smallest absolute Gasteiger partial charge is 0.257 e. The molecule has 2 aromatic carbocycles. The van der Waals surface area contributed by atoms with Gasteiger partial charge < -0.3 is 14.8 Å². The minimum atomic E-state index is -0.198. The number of nitrogens with one attached hydrogen (secondary N) is 1. The molecule has 1 atom stereocenters. The molecule has 1 N–H and O–H groups in total. The summed E-state index contributed by atoms with van der Waals surface area (Å²) in [6.45, 7) is 9.79. The van der Waals surface area contributed by atoms with Crippen molar-refractivity contribution in [3.63, 3.8) is 0 Å². The van der Waals surface area contributed by atoms with Crippen molar-refractivity contribution in [2.75, 3.05) is 5.32 Å². The van der Waals surface area contributed by atoms with Gasteiger partial charge in [0.05, 0.1) is 29.2 Å². The van der Waals surface area contributed by atoms with E-state index in [0.29, 0.717) is 22.7 Å². The maximum atomic E-state index is 12.7. The van der Waals surface area contributed by atoms with E-state index in [1.54, 1.807) is 6.07 Å². The molecule has 30 heavy (non-hydrogen) atoms. The van der Waals surface area contributed by atoms with Crippen molar-refractivity contribution in [2.24, 2.45) is 0 Å². The summed E-state index contributed by atoms with van der Waals surface area (Å²) in [5.74, 6) is 1.29. The zero-order chi connectivity index (χ0) is 21.7. The number of hydrogen-bond acceptors (Lipinski definition) is 4. The highest BCUT2D eigenvalue weighted by atomic mass is 16.5. The summed E-state index contributed by atoms with van der Waals surface area (Å²) < 4.78 is 11.6. The van der Waals surface area contributed by atoms with E-state index in [9.17, 15) is 4.79 Å². The lowest BCUT2D eigenvalue weighted by molar-refractivity contribution is 0.0154. The Morgan fingerprint density at radius 3 is 2.30 bits per heavy atom. The van der Waals surface area contributed by atoms with Gasteiger partial charge in [0.1, 0.15) is 11.5 Å². The van der Waals surface area contributed by atoms with Crippen molar-refractivity contribution in [1.82, 2.24) is 4.98 Å². The zero-order valence-electron chi connectivity index (χ0n) is 18.1. The predicted molar refractivity (Wildman–Crippen MR) is 119 cm³/mol. The van der Waals surface area contributed by atoms with Crippen LogP contribution in [0.25, 0.3) is 0 Å². The number of amides is 1. The van der Waals surface area contributed by atoms with Crippen LogP contribution in [-0.4, -0.2) is 17.0 Å². The molecule has 0 radical (unpaired) electrons. The predicted octanol–water partition coefficient (Wildman–Crippen LogP) is 6.23. The molecule has 0 aliphatic carbocycles. The number of aromatic nitrogens is 1. The Morgan fingerprint density at radius 1 is 0.933 bits per heavy atom. The Balaban J connectivity index is 1.65. The highest BCUT2D eigenvalue weighted by molar-refractivity contribution is 6.05. The molecule has 0 spiro atoms. The van der Waals surface area contributed by atoms with E-state index in [4.69, 9.17) is 9.47 Å². The first-order valence-corrected chi connectivity index (χ1v) is 10.1. The van der Waals surface area contributed by atoms with E-state index < -0.39 is 0 Å². The molecule has 0 bridgehead atoms. The lowest BCUT2D eigenvalue weighted by Gasteiger charge is -2.17. The topological polar surface area (TPSA) is 60.5 Å². The minimum Gasteiger partial charge on any atom is -0.457 e.